The number of phenolic OH excluding ortho intramolecular Hbond substituents is 1. The van der Waals surface area contributed by atoms with Crippen LogP contribution in [0.25, 0.3) is 0 Å². The summed E-state index contributed by atoms with van der Waals surface area (Å²) < 4.78 is 11.4. The van der Waals surface area contributed by atoms with Crippen LogP contribution in [-0.4, -0.2) is 48.7 Å². The van der Waals surface area contributed by atoms with Crippen molar-refractivity contribution in [3.05, 3.63) is 78.9 Å². The smallest absolute Gasteiger partial charge is 0.260 e. The number of anilines is 1. The summed E-state index contributed by atoms with van der Waals surface area (Å²) in [6.07, 6.45) is 0. The lowest BCUT2D eigenvalue weighted by Crippen LogP contribution is -2.50. The van der Waals surface area contributed by atoms with Crippen LogP contribution in [0.5, 0.6) is 23.0 Å². The number of piperazine rings is 1. The molecule has 4 rings (SSSR count). The van der Waals surface area contributed by atoms with E-state index in [-0.39, 0.29) is 18.3 Å². The molecular formula is C24H24N2O4. The second-order valence-electron chi connectivity index (χ2n) is 7.06. The van der Waals surface area contributed by atoms with Gasteiger partial charge in [-0.3, -0.25) is 4.79 Å². The lowest BCUT2D eigenvalue weighted by Gasteiger charge is -2.36. The summed E-state index contributed by atoms with van der Waals surface area (Å²) in [7, 11) is 0. The number of ether oxygens (including phenoxy) is 2. The van der Waals surface area contributed by atoms with Gasteiger partial charge in [0, 0.05) is 31.9 Å². The highest BCUT2D eigenvalue weighted by Crippen LogP contribution is 2.25. The fourth-order valence-electron chi connectivity index (χ4n) is 3.34. The fraction of sp³-hybridized carbons (Fsp3) is 0.208. The zero-order valence-corrected chi connectivity index (χ0v) is 16.6. The van der Waals surface area contributed by atoms with E-state index in [9.17, 15) is 9.90 Å². The molecule has 0 atom stereocenters. The molecule has 1 aliphatic heterocycles. The predicted molar refractivity (Wildman–Crippen MR) is 115 cm³/mol. The molecule has 3 aromatic rings. The molecule has 154 valence electrons. The van der Waals surface area contributed by atoms with E-state index < -0.39 is 0 Å². The van der Waals surface area contributed by atoms with E-state index in [1.54, 1.807) is 12.1 Å². The number of hydrogen-bond acceptors (Lipinski definition) is 5. The molecule has 1 saturated heterocycles. The van der Waals surface area contributed by atoms with E-state index in [0.29, 0.717) is 18.8 Å². The monoisotopic (exact) mass is 404 g/mol. The van der Waals surface area contributed by atoms with Crippen molar-refractivity contribution in [3.63, 3.8) is 0 Å². The van der Waals surface area contributed by atoms with Gasteiger partial charge in [0.2, 0.25) is 0 Å². The predicted octanol–water partition coefficient (Wildman–Crippen LogP) is 3.91. The molecule has 1 amide bonds. The Morgan fingerprint density at radius 2 is 1.37 bits per heavy atom. The maximum absolute atomic E-state index is 12.4. The number of hydrogen-bond donors (Lipinski definition) is 1. The van der Waals surface area contributed by atoms with Gasteiger partial charge in [0.15, 0.2) is 6.61 Å². The quantitative estimate of drug-likeness (QED) is 0.675. The SMILES string of the molecule is O=C(COc1ccc(O)cc1)N1CCN(c2ccc(Oc3ccccc3)cc2)CC1. The minimum absolute atomic E-state index is 0.00367. The third kappa shape index (κ3) is 5.03. The summed E-state index contributed by atoms with van der Waals surface area (Å²) in [6.45, 7) is 2.84. The van der Waals surface area contributed by atoms with Crippen molar-refractivity contribution < 1.29 is 19.4 Å². The van der Waals surface area contributed by atoms with Crippen LogP contribution in [0.4, 0.5) is 5.69 Å². The topological polar surface area (TPSA) is 62.2 Å². The van der Waals surface area contributed by atoms with Gasteiger partial charge in [-0.15, -0.1) is 0 Å². The summed E-state index contributed by atoms with van der Waals surface area (Å²) in [6, 6.07) is 24.1. The first-order valence-electron chi connectivity index (χ1n) is 9.95. The van der Waals surface area contributed by atoms with E-state index in [2.05, 4.69) is 4.90 Å². The zero-order valence-electron chi connectivity index (χ0n) is 16.6. The maximum atomic E-state index is 12.4. The number of carbonyl (C=O) groups is 1. The molecule has 0 unspecified atom stereocenters. The summed E-state index contributed by atoms with van der Waals surface area (Å²) in [5, 5.41) is 9.30. The number of benzene rings is 3. The molecule has 0 radical (unpaired) electrons. The molecule has 1 N–H and O–H groups in total. The average molecular weight is 404 g/mol. The lowest BCUT2D eigenvalue weighted by molar-refractivity contribution is -0.133. The molecule has 0 aromatic heterocycles. The largest absolute Gasteiger partial charge is 0.508 e. The first-order valence-corrected chi connectivity index (χ1v) is 9.95. The number of rotatable bonds is 6. The van der Waals surface area contributed by atoms with Gasteiger partial charge >= 0.3 is 0 Å². The van der Waals surface area contributed by atoms with Crippen molar-refractivity contribution in [2.45, 2.75) is 0 Å². The molecule has 1 fully saturated rings. The Labute approximate surface area is 175 Å². The van der Waals surface area contributed by atoms with Gasteiger partial charge in [0.1, 0.15) is 23.0 Å². The van der Waals surface area contributed by atoms with E-state index in [4.69, 9.17) is 9.47 Å². The normalized spacial score (nSPS) is 13.7. The third-order valence-corrected chi connectivity index (χ3v) is 5.01. The molecule has 3 aromatic carbocycles. The molecule has 30 heavy (non-hydrogen) atoms. The van der Waals surface area contributed by atoms with Gasteiger partial charge in [0.25, 0.3) is 5.91 Å². The fourth-order valence-corrected chi connectivity index (χ4v) is 3.34. The van der Waals surface area contributed by atoms with E-state index >= 15 is 0 Å². The highest BCUT2D eigenvalue weighted by Gasteiger charge is 2.21. The van der Waals surface area contributed by atoms with E-state index in [1.807, 2.05) is 59.5 Å². The van der Waals surface area contributed by atoms with Crippen LogP contribution >= 0.6 is 0 Å². The van der Waals surface area contributed by atoms with Gasteiger partial charge < -0.3 is 24.4 Å². The van der Waals surface area contributed by atoms with Crippen LogP contribution < -0.4 is 14.4 Å². The Hall–Kier alpha value is -3.67. The summed E-state index contributed by atoms with van der Waals surface area (Å²) in [5.41, 5.74) is 1.11. The lowest BCUT2D eigenvalue weighted by atomic mass is 10.2. The average Bonchev–Trinajstić information content (AvgIpc) is 2.80. The minimum Gasteiger partial charge on any atom is -0.508 e. The number of phenols is 1. The van der Waals surface area contributed by atoms with Crippen LogP contribution in [0.1, 0.15) is 0 Å². The van der Waals surface area contributed by atoms with Crippen molar-refractivity contribution in [1.82, 2.24) is 4.90 Å². The van der Waals surface area contributed by atoms with Gasteiger partial charge in [0.05, 0.1) is 0 Å². The van der Waals surface area contributed by atoms with Crippen molar-refractivity contribution in [3.8, 4) is 23.0 Å². The highest BCUT2D eigenvalue weighted by molar-refractivity contribution is 5.78. The molecule has 6 nitrogen and oxygen atoms in total. The molecule has 0 saturated carbocycles. The molecule has 1 heterocycles. The van der Waals surface area contributed by atoms with Gasteiger partial charge in [-0.1, -0.05) is 18.2 Å². The summed E-state index contributed by atoms with van der Waals surface area (Å²) in [5.74, 6) is 2.31. The molecule has 1 aliphatic rings. The second-order valence-corrected chi connectivity index (χ2v) is 7.06. The first-order chi connectivity index (χ1) is 14.7. The first kappa shape index (κ1) is 19.6. The Bertz CT molecular complexity index is 951. The van der Waals surface area contributed by atoms with Crippen molar-refractivity contribution >= 4 is 11.6 Å². The second kappa shape index (κ2) is 9.22. The minimum atomic E-state index is -0.0330. The number of nitrogens with zero attached hydrogens (tertiary/aromatic N) is 2. The highest BCUT2D eigenvalue weighted by atomic mass is 16.5. The third-order valence-electron chi connectivity index (χ3n) is 5.01. The molecule has 0 bridgehead atoms. The molecule has 6 heteroatoms. The van der Waals surface area contributed by atoms with Gasteiger partial charge in [-0.05, 0) is 60.7 Å². The van der Waals surface area contributed by atoms with Crippen LogP contribution in [0, 0.1) is 0 Å². The van der Waals surface area contributed by atoms with E-state index in [1.165, 1.54) is 12.1 Å². The van der Waals surface area contributed by atoms with Gasteiger partial charge in [-0.2, -0.15) is 0 Å². The number of amides is 1. The molecule has 0 aliphatic carbocycles. The maximum Gasteiger partial charge on any atom is 0.260 e. The van der Waals surface area contributed by atoms with Gasteiger partial charge in [-0.25, -0.2) is 0 Å². The Kier molecular flexibility index (Phi) is 6.03. The summed E-state index contributed by atoms with van der Waals surface area (Å²) in [4.78, 5) is 16.5. The van der Waals surface area contributed by atoms with Crippen molar-refractivity contribution in [2.24, 2.45) is 0 Å². The van der Waals surface area contributed by atoms with Crippen LogP contribution in [0.15, 0.2) is 78.9 Å². The van der Waals surface area contributed by atoms with Crippen LogP contribution in [-0.2, 0) is 4.79 Å². The van der Waals surface area contributed by atoms with E-state index in [0.717, 1.165) is 30.3 Å². The summed E-state index contributed by atoms with van der Waals surface area (Å²) >= 11 is 0. The van der Waals surface area contributed by atoms with Crippen LogP contribution in [0.2, 0.25) is 0 Å². The number of carbonyl (C=O) groups excluding carboxylic acids is 1. The Morgan fingerprint density at radius 3 is 2.03 bits per heavy atom. The van der Waals surface area contributed by atoms with Crippen LogP contribution in [0.3, 0.4) is 0 Å². The molecule has 0 spiro atoms. The number of para-hydroxylation sites is 1. The Morgan fingerprint density at radius 1 is 0.767 bits per heavy atom. The standard InChI is InChI=1S/C24H24N2O4/c27-20-8-12-21(13-9-20)29-18-24(28)26-16-14-25(15-17-26)19-6-10-23(11-7-19)30-22-4-2-1-3-5-22/h1-13,27H,14-18H2. The van der Waals surface area contributed by atoms with Crippen molar-refractivity contribution in [1.29, 1.82) is 0 Å². The Balaban J connectivity index is 1.25. The molecular weight excluding hydrogens is 380 g/mol. The zero-order chi connectivity index (χ0) is 20.8. The van der Waals surface area contributed by atoms with Crippen molar-refractivity contribution in [2.75, 3.05) is 37.7 Å². The number of aromatic hydroxyl groups is 1.